The van der Waals surface area contributed by atoms with E-state index >= 15 is 0 Å². The number of rotatable bonds is 6. The van der Waals surface area contributed by atoms with Gasteiger partial charge >= 0.3 is 17.9 Å². The van der Waals surface area contributed by atoms with Crippen molar-refractivity contribution in [2.45, 2.75) is 38.0 Å². The van der Waals surface area contributed by atoms with Crippen LogP contribution in [0.1, 0.15) is 24.8 Å². The van der Waals surface area contributed by atoms with E-state index in [0.717, 1.165) is 16.7 Å². The number of aryl methyl sites for hydroxylation is 1. The lowest BCUT2D eigenvalue weighted by molar-refractivity contribution is -0.229. The normalized spacial score (nSPS) is 23.8. The van der Waals surface area contributed by atoms with E-state index in [0.29, 0.717) is 43.7 Å². The van der Waals surface area contributed by atoms with Crippen LogP contribution in [0.15, 0.2) is 30.3 Å². The number of nitrogens with zero attached hydrogens (tertiary/aromatic N) is 3. The summed E-state index contributed by atoms with van der Waals surface area (Å²) >= 11 is 0. The van der Waals surface area contributed by atoms with Crippen molar-refractivity contribution >= 4 is 17.5 Å². The Balaban J connectivity index is 1.37. The number of benzene rings is 1. The molecular formula is C27H32F4N4O4. The van der Waals surface area contributed by atoms with Crippen LogP contribution in [-0.2, 0) is 4.74 Å². The molecule has 2 amide bonds. The molecule has 2 aromatic rings. The van der Waals surface area contributed by atoms with E-state index in [-0.39, 0.29) is 32.6 Å². The van der Waals surface area contributed by atoms with Crippen LogP contribution in [-0.4, -0.2) is 85.5 Å². The molecule has 2 N–H and O–H groups in total. The first-order valence-electron chi connectivity index (χ1n) is 13.1. The van der Waals surface area contributed by atoms with Crippen molar-refractivity contribution in [1.82, 2.24) is 9.88 Å². The van der Waals surface area contributed by atoms with Crippen LogP contribution in [0.2, 0.25) is 0 Å². The van der Waals surface area contributed by atoms with Crippen LogP contribution >= 0.6 is 0 Å². The standard InChI is InChI=1S/C27H32F4N4O4/c1-18-2-3-20(32-24(37)35-7-6-25(17-35)4-5-26(28,29)27(25,30)31)16-21(18)19-14-22(34-8-11-38-12-9-34)33-23(15-19)39-13-10-36/h2-3,14-16,36H,4-13,17H2,1H3,(H,32,37). The number of ether oxygens (including phenoxy) is 2. The van der Waals surface area contributed by atoms with Gasteiger partial charge in [-0.15, -0.1) is 0 Å². The molecule has 2 saturated heterocycles. The van der Waals surface area contributed by atoms with Crippen molar-refractivity contribution in [3.63, 3.8) is 0 Å². The van der Waals surface area contributed by atoms with Crippen molar-refractivity contribution in [3.05, 3.63) is 35.9 Å². The van der Waals surface area contributed by atoms with Gasteiger partial charge in [0.25, 0.3) is 0 Å². The Kier molecular flexibility index (Phi) is 7.36. The summed E-state index contributed by atoms with van der Waals surface area (Å²) < 4.78 is 67.9. The van der Waals surface area contributed by atoms with E-state index < -0.39 is 36.3 Å². The molecule has 1 aromatic carbocycles. The summed E-state index contributed by atoms with van der Waals surface area (Å²) in [6.45, 7) is 3.85. The largest absolute Gasteiger partial charge is 0.475 e. The number of hydrogen-bond donors (Lipinski definition) is 2. The van der Waals surface area contributed by atoms with Crippen molar-refractivity contribution in [2.24, 2.45) is 5.41 Å². The van der Waals surface area contributed by atoms with Crippen LogP contribution in [0.3, 0.4) is 0 Å². The van der Waals surface area contributed by atoms with E-state index in [2.05, 4.69) is 15.2 Å². The predicted molar refractivity (Wildman–Crippen MR) is 137 cm³/mol. The van der Waals surface area contributed by atoms with Gasteiger partial charge in [-0.25, -0.2) is 4.79 Å². The summed E-state index contributed by atoms with van der Waals surface area (Å²) in [7, 11) is 0. The van der Waals surface area contributed by atoms with Crippen LogP contribution in [0.5, 0.6) is 5.88 Å². The molecule has 5 rings (SSSR count). The highest BCUT2D eigenvalue weighted by atomic mass is 19.3. The third-order valence-electron chi connectivity index (χ3n) is 7.95. The highest BCUT2D eigenvalue weighted by Gasteiger charge is 2.74. The van der Waals surface area contributed by atoms with Gasteiger partial charge < -0.3 is 29.7 Å². The van der Waals surface area contributed by atoms with Gasteiger partial charge in [0.1, 0.15) is 12.4 Å². The molecular weight excluding hydrogens is 520 g/mol. The molecule has 212 valence electrons. The molecule has 39 heavy (non-hydrogen) atoms. The Bertz CT molecular complexity index is 1220. The molecule has 1 saturated carbocycles. The van der Waals surface area contributed by atoms with Crippen molar-refractivity contribution < 1.29 is 36.9 Å². The number of carbonyl (C=O) groups is 1. The second-order valence-electron chi connectivity index (χ2n) is 10.4. The number of hydrogen-bond acceptors (Lipinski definition) is 6. The minimum absolute atomic E-state index is 0.0188. The van der Waals surface area contributed by atoms with E-state index in [4.69, 9.17) is 9.47 Å². The molecule has 12 heteroatoms. The fourth-order valence-electron chi connectivity index (χ4n) is 5.64. The molecule has 3 fully saturated rings. The molecule has 8 nitrogen and oxygen atoms in total. The Morgan fingerprint density at radius 1 is 1.10 bits per heavy atom. The summed E-state index contributed by atoms with van der Waals surface area (Å²) in [5, 5.41) is 12.0. The quantitative estimate of drug-likeness (QED) is 0.512. The molecule has 1 spiro atoms. The van der Waals surface area contributed by atoms with E-state index in [1.165, 1.54) is 4.90 Å². The summed E-state index contributed by atoms with van der Waals surface area (Å²) in [4.78, 5) is 20.8. The lowest BCUT2D eigenvalue weighted by atomic mass is 9.82. The molecule has 1 atom stereocenters. The third kappa shape index (κ3) is 5.11. The number of likely N-dealkylation sites (tertiary alicyclic amines) is 1. The van der Waals surface area contributed by atoms with Gasteiger partial charge in [-0.1, -0.05) is 6.07 Å². The zero-order valence-electron chi connectivity index (χ0n) is 21.7. The lowest BCUT2D eigenvalue weighted by Gasteiger charge is -2.32. The van der Waals surface area contributed by atoms with Crippen LogP contribution in [0.4, 0.5) is 33.9 Å². The topological polar surface area (TPSA) is 87.2 Å². The number of morpholine rings is 1. The number of anilines is 2. The zero-order valence-corrected chi connectivity index (χ0v) is 21.7. The molecule has 3 heterocycles. The van der Waals surface area contributed by atoms with Gasteiger partial charge in [0.2, 0.25) is 5.88 Å². The lowest BCUT2D eigenvalue weighted by Crippen LogP contribution is -2.49. The second kappa shape index (κ2) is 10.5. The van der Waals surface area contributed by atoms with Crippen molar-refractivity contribution in [2.75, 3.05) is 62.8 Å². The van der Waals surface area contributed by atoms with E-state index in [1.807, 2.05) is 19.1 Å². The van der Waals surface area contributed by atoms with Crippen LogP contribution < -0.4 is 15.0 Å². The number of aliphatic hydroxyl groups is 1. The molecule has 0 radical (unpaired) electrons. The molecule has 1 aliphatic carbocycles. The van der Waals surface area contributed by atoms with Crippen LogP contribution in [0.25, 0.3) is 11.1 Å². The number of pyridine rings is 1. The number of nitrogens with one attached hydrogen (secondary N) is 1. The Morgan fingerprint density at radius 2 is 1.87 bits per heavy atom. The van der Waals surface area contributed by atoms with Gasteiger partial charge in [0.15, 0.2) is 0 Å². The highest BCUT2D eigenvalue weighted by Crippen LogP contribution is 2.61. The first-order valence-corrected chi connectivity index (χ1v) is 13.1. The average molecular weight is 553 g/mol. The van der Waals surface area contributed by atoms with Gasteiger partial charge in [0, 0.05) is 44.4 Å². The monoisotopic (exact) mass is 552 g/mol. The van der Waals surface area contributed by atoms with Gasteiger partial charge in [-0.3, -0.25) is 0 Å². The zero-order chi connectivity index (χ0) is 27.8. The maximum Gasteiger partial charge on any atom is 0.321 e. The van der Waals surface area contributed by atoms with Crippen LogP contribution in [0, 0.1) is 12.3 Å². The molecule has 3 aliphatic rings. The van der Waals surface area contributed by atoms with Crippen molar-refractivity contribution in [1.29, 1.82) is 0 Å². The summed E-state index contributed by atoms with van der Waals surface area (Å²) in [6, 6.07) is 8.35. The Morgan fingerprint density at radius 3 is 2.56 bits per heavy atom. The Labute approximate surface area is 223 Å². The summed E-state index contributed by atoms with van der Waals surface area (Å²) in [5.41, 5.74) is 1.02. The SMILES string of the molecule is Cc1ccc(NC(=O)N2CCC3(CCC(F)(F)C3(F)F)C2)cc1-c1cc(OCCO)nc(N2CCOCC2)c1. The first-order chi connectivity index (χ1) is 18.5. The minimum atomic E-state index is -4.15. The maximum absolute atomic E-state index is 14.6. The smallest absolute Gasteiger partial charge is 0.321 e. The Hall–Kier alpha value is -3.12. The van der Waals surface area contributed by atoms with Gasteiger partial charge in [0.05, 0.1) is 25.2 Å². The van der Waals surface area contributed by atoms with E-state index in [9.17, 15) is 27.5 Å². The minimum Gasteiger partial charge on any atom is -0.475 e. The number of alkyl halides is 4. The number of halogens is 4. The molecule has 0 bridgehead atoms. The van der Waals surface area contributed by atoms with E-state index in [1.54, 1.807) is 18.2 Å². The fourth-order valence-corrected chi connectivity index (χ4v) is 5.64. The maximum atomic E-state index is 14.6. The average Bonchev–Trinajstić information content (AvgIpc) is 3.45. The fraction of sp³-hybridized carbons (Fsp3) is 0.556. The number of carbonyl (C=O) groups excluding carboxylic acids is 1. The van der Waals surface area contributed by atoms with Gasteiger partial charge in [-0.05, 0) is 54.7 Å². The van der Waals surface area contributed by atoms with Crippen molar-refractivity contribution in [3.8, 4) is 17.0 Å². The second-order valence-corrected chi connectivity index (χ2v) is 10.4. The predicted octanol–water partition coefficient (Wildman–Crippen LogP) is 4.55. The number of aliphatic hydroxyl groups excluding tert-OH is 1. The summed E-state index contributed by atoms with van der Waals surface area (Å²) in [6.07, 6.45) is -1.36. The first kappa shape index (κ1) is 27.4. The summed E-state index contributed by atoms with van der Waals surface area (Å²) in [5.74, 6) is -7.18. The number of aromatic nitrogens is 1. The molecule has 2 aliphatic heterocycles. The third-order valence-corrected chi connectivity index (χ3v) is 7.95. The van der Waals surface area contributed by atoms with Gasteiger partial charge in [-0.2, -0.15) is 22.5 Å². The number of amides is 2. The highest BCUT2D eigenvalue weighted by molar-refractivity contribution is 5.91. The number of urea groups is 1. The molecule has 1 unspecified atom stereocenters. The molecule has 1 aromatic heterocycles.